The predicted molar refractivity (Wildman–Crippen MR) is 94.2 cm³/mol. The molecule has 3 rings (SSSR count). The minimum absolute atomic E-state index is 0.0739. The molecule has 2 aromatic carbocycles. The Kier molecular flexibility index (Phi) is 4.51. The fraction of sp³-hybridized carbons (Fsp3) is 0.278. The van der Waals surface area contributed by atoms with Crippen molar-refractivity contribution in [2.24, 2.45) is 5.92 Å². The van der Waals surface area contributed by atoms with Gasteiger partial charge in [0.1, 0.15) is 12.4 Å². The Bertz CT molecular complexity index is 926. The van der Waals surface area contributed by atoms with Crippen LogP contribution >= 0.6 is 0 Å². The summed E-state index contributed by atoms with van der Waals surface area (Å²) in [6, 6.07) is 10.3. The van der Waals surface area contributed by atoms with Crippen molar-refractivity contribution in [1.29, 1.82) is 0 Å². The van der Waals surface area contributed by atoms with Crippen LogP contribution in [0, 0.1) is 11.7 Å². The number of benzene rings is 2. The molecule has 0 saturated carbocycles. The van der Waals surface area contributed by atoms with Gasteiger partial charge in [0.05, 0.1) is 10.6 Å². The maximum Gasteiger partial charge on any atom is 0.265 e. The van der Waals surface area contributed by atoms with E-state index in [2.05, 4.69) is 5.32 Å². The van der Waals surface area contributed by atoms with E-state index in [9.17, 15) is 17.6 Å². The number of nitrogens with one attached hydrogen (secondary N) is 1. The second kappa shape index (κ2) is 6.48. The van der Waals surface area contributed by atoms with Crippen molar-refractivity contribution >= 4 is 21.6 Å². The van der Waals surface area contributed by atoms with Gasteiger partial charge in [0.2, 0.25) is 5.91 Å². The van der Waals surface area contributed by atoms with E-state index < -0.39 is 21.7 Å². The molecule has 0 aromatic heterocycles. The lowest BCUT2D eigenvalue weighted by atomic mass is 10.0. The molecule has 0 saturated heterocycles. The number of sulfonamides is 1. The molecule has 25 heavy (non-hydrogen) atoms. The van der Waals surface area contributed by atoms with Crippen molar-refractivity contribution < 1.29 is 17.6 Å². The van der Waals surface area contributed by atoms with Crippen LogP contribution < -0.4 is 9.62 Å². The van der Waals surface area contributed by atoms with Crippen molar-refractivity contribution in [1.82, 2.24) is 5.32 Å². The first-order valence-corrected chi connectivity index (χ1v) is 9.43. The summed E-state index contributed by atoms with van der Waals surface area (Å²) in [7, 11) is -3.89. The van der Waals surface area contributed by atoms with Crippen LogP contribution in [-0.4, -0.2) is 27.4 Å². The van der Waals surface area contributed by atoms with E-state index in [0.29, 0.717) is 23.4 Å². The molecule has 2 aromatic rings. The molecule has 0 spiro atoms. The van der Waals surface area contributed by atoms with Gasteiger partial charge in [-0.1, -0.05) is 32.0 Å². The predicted octanol–water partition coefficient (Wildman–Crippen LogP) is 2.77. The highest BCUT2D eigenvalue weighted by atomic mass is 32.2. The quantitative estimate of drug-likeness (QED) is 0.909. The van der Waals surface area contributed by atoms with Crippen LogP contribution in [0.5, 0.6) is 0 Å². The molecule has 1 aliphatic rings. The van der Waals surface area contributed by atoms with Crippen LogP contribution in [0.2, 0.25) is 0 Å². The molecule has 1 aliphatic heterocycles. The molecule has 0 bridgehead atoms. The third kappa shape index (κ3) is 3.24. The molecule has 0 aliphatic carbocycles. The SMILES string of the molecule is CC(C)CNC(=O)CN1c2ccc(F)cc2-c2ccccc2S1(=O)=O. The van der Waals surface area contributed by atoms with Gasteiger partial charge in [-0.3, -0.25) is 9.10 Å². The largest absolute Gasteiger partial charge is 0.354 e. The number of fused-ring (bicyclic) bond motifs is 3. The summed E-state index contributed by atoms with van der Waals surface area (Å²) in [6.07, 6.45) is 0. The van der Waals surface area contributed by atoms with E-state index in [1.807, 2.05) is 13.8 Å². The molecule has 7 heteroatoms. The second-order valence-corrected chi connectivity index (χ2v) is 8.20. The van der Waals surface area contributed by atoms with Crippen molar-refractivity contribution in [3.63, 3.8) is 0 Å². The Balaban J connectivity index is 2.06. The number of hydrogen-bond donors (Lipinski definition) is 1. The summed E-state index contributed by atoms with van der Waals surface area (Å²) >= 11 is 0. The second-order valence-electron chi connectivity index (χ2n) is 6.37. The van der Waals surface area contributed by atoms with Gasteiger partial charge < -0.3 is 5.32 Å². The van der Waals surface area contributed by atoms with Gasteiger partial charge in [0, 0.05) is 17.7 Å². The van der Waals surface area contributed by atoms with E-state index in [1.54, 1.807) is 18.2 Å². The lowest BCUT2D eigenvalue weighted by molar-refractivity contribution is -0.119. The molecule has 0 unspecified atom stereocenters. The van der Waals surface area contributed by atoms with E-state index in [4.69, 9.17) is 0 Å². The normalized spacial score (nSPS) is 14.8. The van der Waals surface area contributed by atoms with E-state index in [0.717, 1.165) is 4.31 Å². The van der Waals surface area contributed by atoms with Crippen molar-refractivity contribution in [2.45, 2.75) is 18.7 Å². The smallest absolute Gasteiger partial charge is 0.265 e. The third-order valence-corrected chi connectivity index (χ3v) is 5.79. The zero-order chi connectivity index (χ0) is 18.2. The number of nitrogens with zero attached hydrogens (tertiary/aromatic N) is 1. The van der Waals surface area contributed by atoms with Gasteiger partial charge in [-0.05, 0) is 30.2 Å². The Hall–Kier alpha value is -2.41. The number of hydrogen-bond acceptors (Lipinski definition) is 3. The minimum atomic E-state index is -3.89. The van der Waals surface area contributed by atoms with Gasteiger partial charge >= 0.3 is 0 Å². The number of halogens is 1. The molecule has 5 nitrogen and oxygen atoms in total. The summed E-state index contributed by atoms with van der Waals surface area (Å²) in [5, 5.41) is 2.71. The van der Waals surface area contributed by atoms with Crippen LogP contribution in [0.1, 0.15) is 13.8 Å². The summed E-state index contributed by atoms with van der Waals surface area (Å²) < 4.78 is 40.7. The molecule has 1 N–H and O–H groups in total. The number of anilines is 1. The van der Waals surface area contributed by atoms with Crippen molar-refractivity contribution in [3.8, 4) is 11.1 Å². The van der Waals surface area contributed by atoms with E-state index in [-0.39, 0.29) is 17.4 Å². The van der Waals surface area contributed by atoms with E-state index in [1.165, 1.54) is 24.3 Å². The Labute approximate surface area is 146 Å². The number of rotatable bonds is 4. The zero-order valence-corrected chi connectivity index (χ0v) is 14.8. The first-order valence-electron chi connectivity index (χ1n) is 7.99. The molecule has 0 fully saturated rings. The molecule has 1 amide bonds. The van der Waals surface area contributed by atoms with Gasteiger partial charge in [0.25, 0.3) is 10.0 Å². The van der Waals surface area contributed by atoms with Gasteiger partial charge in [-0.15, -0.1) is 0 Å². The van der Waals surface area contributed by atoms with Crippen LogP contribution in [0.4, 0.5) is 10.1 Å². The lowest BCUT2D eigenvalue weighted by Crippen LogP contribution is -2.43. The summed E-state index contributed by atoms with van der Waals surface area (Å²) in [5.74, 6) is -0.604. The molecule has 0 radical (unpaired) electrons. The first kappa shape index (κ1) is 17.4. The maximum absolute atomic E-state index is 13.7. The summed E-state index contributed by atoms with van der Waals surface area (Å²) in [6.45, 7) is 4.01. The first-order chi connectivity index (χ1) is 11.8. The van der Waals surface area contributed by atoms with Crippen LogP contribution in [-0.2, 0) is 14.8 Å². The van der Waals surface area contributed by atoms with Gasteiger partial charge in [-0.2, -0.15) is 0 Å². The van der Waals surface area contributed by atoms with Gasteiger partial charge in [-0.25, -0.2) is 12.8 Å². The van der Waals surface area contributed by atoms with E-state index >= 15 is 0 Å². The standard InChI is InChI=1S/C18H19FN2O3S/c1-12(2)10-20-18(22)11-21-16-8-7-13(19)9-15(16)14-5-3-4-6-17(14)25(21,23)24/h3-9,12H,10-11H2,1-2H3,(H,20,22). The zero-order valence-electron chi connectivity index (χ0n) is 14.0. The van der Waals surface area contributed by atoms with Crippen LogP contribution in [0.25, 0.3) is 11.1 Å². The highest BCUT2D eigenvalue weighted by Gasteiger charge is 2.35. The Morgan fingerprint density at radius 2 is 1.88 bits per heavy atom. The molecule has 1 heterocycles. The number of carbonyl (C=O) groups excluding carboxylic acids is 1. The fourth-order valence-corrected chi connectivity index (χ4v) is 4.43. The lowest BCUT2D eigenvalue weighted by Gasteiger charge is -2.31. The average Bonchev–Trinajstić information content (AvgIpc) is 2.57. The Morgan fingerprint density at radius 1 is 1.16 bits per heavy atom. The highest BCUT2D eigenvalue weighted by Crippen LogP contribution is 2.42. The molecular weight excluding hydrogens is 343 g/mol. The average molecular weight is 362 g/mol. The molecular formula is C18H19FN2O3S. The van der Waals surface area contributed by atoms with Crippen LogP contribution in [0.3, 0.4) is 0 Å². The monoisotopic (exact) mass is 362 g/mol. The Morgan fingerprint density at radius 3 is 2.60 bits per heavy atom. The number of amides is 1. The van der Waals surface area contributed by atoms with Gasteiger partial charge in [0.15, 0.2) is 0 Å². The topological polar surface area (TPSA) is 66.5 Å². The summed E-state index contributed by atoms with van der Waals surface area (Å²) in [5.41, 5.74) is 1.21. The van der Waals surface area contributed by atoms with Crippen molar-refractivity contribution in [2.75, 3.05) is 17.4 Å². The fourth-order valence-electron chi connectivity index (χ4n) is 2.78. The van der Waals surface area contributed by atoms with Crippen molar-refractivity contribution in [3.05, 3.63) is 48.3 Å². The molecule has 0 atom stereocenters. The maximum atomic E-state index is 13.7. The van der Waals surface area contributed by atoms with Crippen LogP contribution in [0.15, 0.2) is 47.4 Å². The molecule has 132 valence electrons. The third-order valence-electron chi connectivity index (χ3n) is 3.97. The highest BCUT2D eigenvalue weighted by molar-refractivity contribution is 7.93. The number of carbonyl (C=O) groups is 1. The minimum Gasteiger partial charge on any atom is -0.354 e. The summed E-state index contributed by atoms with van der Waals surface area (Å²) in [4.78, 5) is 12.3.